The molecule has 3 heteroatoms. The molecule has 2 aromatic heterocycles. The van der Waals surface area contributed by atoms with Gasteiger partial charge in [0.15, 0.2) is 0 Å². The van der Waals surface area contributed by atoms with Gasteiger partial charge < -0.3 is 4.98 Å². The van der Waals surface area contributed by atoms with Crippen molar-refractivity contribution in [1.29, 1.82) is 0 Å². The number of aromatic nitrogens is 2. The third-order valence-corrected chi connectivity index (χ3v) is 3.59. The maximum Gasteiger partial charge on any atom is 0.218 e. The molecule has 3 aromatic rings. The van der Waals surface area contributed by atoms with Crippen LogP contribution in [0.2, 0.25) is 0 Å². The monoisotopic (exact) mass is 226 g/mol. The Kier molecular flexibility index (Phi) is 1.93. The minimum atomic E-state index is 1.08. The maximum atomic E-state index is 5.91. The Morgan fingerprint density at radius 2 is 1.76 bits per heavy atom. The summed E-state index contributed by atoms with van der Waals surface area (Å²) in [6, 6.07) is 6.45. The molecule has 0 spiro atoms. The number of nitrogens with one attached hydrogen (secondary N) is 1. The van der Waals surface area contributed by atoms with Gasteiger partial charge in [-0.2, -0.15) is 0 Å². The van der Waals surface area contributed by atoms with E-state index in [4.69, 9.17) is 5.84 Å². The lowest BCUT2D eigenvalue weighted by atomic mass is 10.1. The summed E-state index contributed by atoms with van der Waals surface area (Å²) in [5.74, 6) is 5.91. The number of benzene rings is 1. The van der Waals surface area contributed by atoms with E-state index in [1.165, 1.54) is 27.4 Å². The molecule has 0 aliphatic carbocycles. The van der Waals surface area contributed by atoms with Crippen LogP contribution in [0.15, 0.2) is 24.4 Å². The van der Waals surface area contributed by atoms with Gasteiger partial charge in [-0.15, -0.1) is 0 Å². The molecule has 0 fully saturated rings. The molecule has 3 N–H and O–H groups in total. The SMILES string of the molecule is Cc1cc2[nH]c3cc[n+](N)c(C)c3c2cc1C. The molecule has 3 nitrogen and oxygen atoms in total. The molecule has 2 heterocycles. The quantitative estimate of drug-likeness (QED) is 0.448. The second-order valence-corrected chi connectivity index (χ2v) is 4.70. The predicted octanol–water partition coefficient (Wildman–Crippen LogP) is 2.25. The molecule has 0 bridgehead atoms. The molecule has 0 saturated heterocycles. The van der Waals surface area contributed by atoms with Gasteiger partial charge in [0.1, 0.15) is 0 Å². The van der Waals surface area contributed by atoms with E-state index in [9.17, 15) is 0 Å². The lowest BCUT2D eigenvalue weighted by Crippen LogP contribution is -2.46. The Morgan fingerprint density at radius 3 is 2.53 bits per heavy atom. The van der Waals surface area contributed by atoms with E-state index >= 15 is 0 Å². The molecule has 0 amide bonds. The molecule has 0 aliphatic rings. The van der Waals surface area contributed by atoms with Crippen LogP contribution in [0, 0.1) is 20.8 Å². The highest BCUT2D eigenvalue weighted by Crippen LogP contribution is 2.28. The number of nitrogens with two attached hydrogens (primary N) is 1. The average molecular weight is 226 g/mol. The van der Waals surface area contributed by atoms with Crippen LogP contribution in [0.5, 0.6) is 0 Å². The number of hydrogen-bond donors (Lipinski definition) is 2. The van der Waals surface area contributed by atoms with Crippen molar-refractivity contribution in [3.05, 3.63) is 41.2 Å². The van der Waals surface area contributed by atoms with Gasteiger partial charge >= 0.3 is 0 Å². The van der Waals surface area contributed by atoms with E-state index in [0.717, 1.165) is 11.2 Å². The summed E-state index contributed by atoms with van der Waals surface area (Å²) in [7, 11) is 0. The number of rotatable bonds is 0. The zero-order valence-electron chi connectivity index (χ0n) is 10.3. The van der Waals surface area contributed by atoms with Crippen LogP contribution in [0.3, 0.4) is 0 Å². The molecule has 1 aromatic carbocycles. The minimum absolute atomic E-state index is 1.08. The molecule has 3 rings (SSSR count). The van der Waals surface area contributed by atoms with Gasteiger partial charge in [0, 0.05) is 23.9 Å². The highest BCUT2D eigenvalue weighted by molar-refractivity contribution is 6.08. The number of fused-ring (bicyclic) bond motifs is 3. The van der Waals surface area contributed by atoms with Crippen molar-refractivity contribution in [1.82, 2.24) is 4.98 Å². The Hall–Kier alpha value is -2.03. The topological polar surface area (TPSA) is 45.7 Å². The fourth-order valence-electron chi connectivity index (χ4n) is 2.39. The first kappa shape index (κ1) is 10.1. The third kappa shape index (κ3) is 1.32. The summed E-state index contributed by atoms with van der Waals surface area (Å²) >= 11 is 0. The fourth-order valence-corrected chi connectivity index (χ4v) is 2.39. The van der Waals surface area contributed by atoms with Crippen LogP contribution < -0.4 is 10.5 Å². The summed E-state index contributed by atoms with van der Waals surface area (Å²) in [5.41, 5.74) is 6.02. The second-order valence-electron chi connectivity index (χ2n) is 4.70. The van der Waals surface area contributed by atoms with Crippen molar-refractivity contribution in [3.8, 4) is 0 Å². The first-order chi connectivity index (χ1) is 8.08. The van der Waals surface area contributed by atoms with E-state index in [1.54, 1.807) is 4.68 Å². The van der Waals surface area contributed by atoms with E-state index in [1.807, 2.05) is 19.2 Å². The van der Waals surface area contributed by atoms with Gasteiger partial charge in [-0.3, -0.25) is 0 Å². The van der Waals surface area contributed by atoms with Gasteiger partial charge in [0.2, 0.25) is 11.9 Å². The van der Waals surface area contributed by atoms with Crippen LogP contribution >= 0.6 is 0 Å². The van der Waals surface area contributed by atoms with Gasteiger partial charge in [-0.1, -0.05) is 4.68 Å². The van der Waals surface area contributed by atoms with Crippen molar-refractivity contribution in [2.45, 2.75) is 20.8 Å². The standard InChI is InChI=1S/C14H15N3/c1-8-6-11-13(7-9(8)2)16-12-4-5-17(15)10(3)14(11)12/h4-7H,15H2,1-3H3/p+1. The number of nitrogen functional groups attached to an aromatic ring is 1. The average Bonchev–Trinajstić information content (AvgIpc) is 2.63. The smallest absolute Gasteiger partial charge is 0.218 e. The van der Waals surface area contributed by atoms with Crippen molar-refractivity contribution in [3.63, 3.8) is 0 Å². The predicted molar refractivity (Wildman–Crippen MR) is 70.4 cm³/mol. The highest BCUT2D eigenvalue weighted by atomic mass is 15.3. The van der Waals surface area contributed by atoms with Gasteiger partial charge in [-0.05, 0) is 37.1 Å². The highest BCUT2D eigenvalue weighted by Gasteiger charge is 2.14. The number of aryl methyl sites for hydroxylation is 3. The van der Waals surface area contributed by atoms with Gasteiger partial charge in [0.05, 0.1) is 10.9 Å². The van der Waals surface area contributed by atoms with Crippen molar-refractivity contribution < 1.29 is 4.68 Å². The Balaban J connectivity index is 2.58. The molecule has 0 aliphatic heterocycles. The summed E-state index contributed by atoms with van der Waals surface area (Å²) < 4.78 is 1.67. The Morgan fingerprint density at radius 1 is 1.06 bits per heavy atom. The van der Waals surface area contributed by atoms with E-state index in [-0.39, 0.29) is 0 Å². The zero-order chi connectivity index (χ0) is 12.2. The van der Waals surface area contributed by atoms with Crippen LogP contribution in [0.25, 0.3) is 21.8 Å². The minimum Gasteiger partial charge on any atom is -0.354 e. The normalized spacial score (nSPS) is 11.5. The van der Waals surface area contributed by atoms with E-state index in [0.29, 0.717) is 0 Å². The molecule has 86 valence electrons. The Labute approximate surface area is 99.8 Å². The molecule has 17 heavy (non-hydrogen) atoms. The van der Waals surface area contributed by atoms with Crippen molar-refractivity contribution in [2.24, 2.45) is 0 Å². The van der Waals surface area contributed by atoms with E-state index < -0.39 is 0 Å². The molecule has 0 atom stereocenters. The van der Waals surface area contributed by atoms with Gasteiger partial charge in [0.25, 0.3) is 0 Å². The van der Waals surface area contributed by atoms with Crippen LogP contribution in [0.4, 0.5) is 0 Å². The number of aromatic amines is 1. The van der Waals surface area contributed by atoms with Crippen LogP contribution in [0.1, 0.15) is 16.8 Å². The molecule has 0 saturated carbocycles. The number of H-pyrrole nitrogens is 1. The first-order valence-electron chi connectivity index (χ1n) is 5.77. The second kappa shape index (κ2) is 3.23. The Bertz CT molecular complexity index is 738. The third-order valence-electron chi connectivity index (χ3n) is 3.59. The first-order valence-corrected chi connectivity index (χ1v) is 5.77. The van der Waals surface area contributed by atoms with Crippen LogP contribution in [-0.2, 0) is 0 Å². The lowest BCUT2D eigenvalue weighted by molar-refractivity contribution is -0.643. The van der Waals surface area contributed by atoms with Crippen LogP contribution in [-0.4, -0.2) is 4.98 Å². The molecule has 0 unspecified atom stereocenters. The number of pyridine rings is 1. The molecule has 0 radical (unpaired) electrons. The van der Waals surface area contributed by atoms with E-state index in [2.05, 4.69) is 31.0 Å². The number of hydrogen-bond acceptors (Lipinski definition) is 1. The summed E-state index contributed by atoms with van der Waals surface area (Å²) in [4.78, 5) is 3.45. The van der Waals surface area contributed by atoms with Crippen molar-refractivity contribution in [2.75, 3.05) is 5.84 Å². The molecular formula is C14H16N3+. The molecular weight excluding hydrogens is 210 g/mol. The lowest BCUT2D eigenvalue weighted by Gasteiger charge is -2.00. The van der Waals surface area contributed by atoms with Crippen molar-refractivity contribution >= 4 is 21.8 Å². The summed E-state index contributed by atoms with van der Waals surface area (Å²) in [5, 5.41) is 2.47. The number of nitrogens with zero attached hydrogens (tertiary/aromatic N) is 1. The summed E-state index contributed by atoms with van der Waals surface area (Å²) in [6.45, 7) is 6.32. The fraction of sp³-hybridized carbons (Fsp3) is 0.214. The van der Waals surface area contributed by atoms with Gasteiger partial charge in [-0.25, -0.2) is 5.84 Å². The maximum absolute atomic E-state index is 5.91. The summed E-state index contributed by atoms with van der Waals surface area (Å²) in [6.07, 6.45) is 1.88. The largest absolute Gasteiger partial charge is 0.354 e. The zero-order valence-corrected chi connectivity index (χ0v) is 10.3.